The number of nitrogen functional groups attached to an aromatic ring is 1. The lowest BCUT2D eigenvalue weighted by molar-refractivity contribution is 0.102. The summed E-state index contributed by atoms with van der Waals surface area (Å²) in [5.74, 6) is -0.114. The number of aromatic amines is 1. The summed E-state index contributed by atoms with van der Waals surface area (Å²) in [5, 5.41) is 4.08. The number of hydrogen-bond donors (Lipinski definition) is 3. The lowest BCUT2D eigenvalue weighted by Crippen LogP contribution is -2.25. The van der Waals surface area contributed by atoms with Crippen LogP contribution in [-0.2, 0) is 13.0 Å². The lowest BCUT2D eigenvalue weighted by Gasteiger charge is -2.22. The number of nitrogens with zero attached hydrogens (tertiary/aromatic N) is 1. The van der Waals surface area contributed by atoms with E-state index in [1.165, 1.54) is 11.3 Å². The van der Waals surface area contributed by atoms with E-state index in [-0.39, 0.29) is 5.91 Å². The van der Waals surface area contributed by atoms with Crippen LogP contribution in [0, 0.1) is 0 Å². The van der Waals surface area contributed by atoms with Gasteiger partial charge < -0.3 is 20.9 Å². The lowest BCUT2D eigenvalue weighted by atomic mass is 10.0. The normalized spacial score (nSPS) is 14.5. The minimum absolute atomic E-state index is 0.114. The molecule has 2 heterocycles. The predicted molar refractivity (Wildman–Crippen MR) is 97.1 cm³/mol. The highest BCUT2D eigenvalue weighted by Gasteiger charge is 2.21. The molecular formula is C19H20N4O. The molecule has 0 saturated carbocycles. The second-order valence-electron chi connectivity index (χ2n) is 6.37. The third-order valence-electron chi connectivity index (χ3n) is 4.61. The number of nitrogens with two attached hydrogens (primary N) is 1. The van der Waals surface area contributed by atoms with Crippen molar-refractivity contribution in [2.75, 3.05) is 24.6 Å². The molecule has 0 saturated heterocycles. The quantitative estimate of drug-likeness (QED) is 0.636. The molecular weight excluding hydrogens is 300 g/mol. The fourth-order valence-corrected chi connectivity index (χ4v) is 3.33. The van der Waals surface area contributed by atoms with E-state index in [1.807, 2.05) is 24.3 Å². The molecule has 5 nitrogen and oxygen atoms in total. The predicted octanol–water partition coefficient (Wildman–Crippen LogP) is 2.99. The van der Waals surface area contributed by atoms with Crippen LogP contribution in [0.2, 0.25) is 0 Å². The second-order valence-corrected chi connectivity index (χ2v) is 6.37. The van der Waals surface area contributed by atoms with Gasteiger partial charge in [0.15, 0.2) is 0 Å². The maximum absolute atomic E-state index is 12.7. The maximum Gasteiger partial charge on any atom is 0.257 e. The van der Waals surface area contributed by atoms with Crippen LogP contribution in [-0.4, -0.2) is 29.4 Å². The highest BCUT2D eigenvalue weighted by molar-refractivity contribution is 6.12. The summed E-state index contributed by atoms with van der Waals surface area (Å²) in [5.41, 5.74) is 11.2. The number of nitrogens with one attached hydrogen (secondary N) is 2. The van der Waals surface area contributed by atoms with Gasteiger partial charge in [-0.25, -0.2) is 0 Å². The zero-order valence-electron chi connectivity index (χ0n) is 13.6. The molecule has 4 rings (SSSR count). The molecule has 1 aromatic heterocycles. The van der Waals surface area contributed by atoms with Crippen LogP contribution in [0.5, 0.6) is 0 Å². The summed E-state index contributed by atoms with van der Waals surface area (Å²) < 4.78 is 0. The summed E-state index contributed by atoms with van der Waals surface area (Å²) >= 11 is 0. The first-order valence-corrected chi connectivity index (χ1v) is 8.09. The minimum Gasteiger partial charge on any atom is -0.399 e. The van der Waals surface area contributed by atoms with Crippen LogP contribution in [0.3, 0.4) is 0 Å². The topological polar surface area (TPSA) is 74.2 Å². The van der Waals surface area contributed by atoms with Gasteiger partial charge in [-0.15, -0.1) is 0 Å². The number of anilines is 2. The largest absolute Gasteiger partial charge is 0.399 e. The number of fused-ring (bicyclic) bond motifs is 3. The third-order valence-corrected chi connectivity index (χ3v) is 4.61. The van der Waals surface area contributed by atoms with Gasteiger partial charge in [-0.05, 0) is 42.9 Å². The van der Waals surface area contributed by atoms with Crippen LogP contribution in [0.15, 0.2) is 42.5 Å². The third kappa shape index (κ3) is 2.53. The zero-order chi connectivity index (χ0) is 16.7. The first kappa shape index (κ1) is 14.8. The van der Waals surface area contributed by atoms with E-state index >= 15 is 0 Å². The Hall–Kier alpha value is -2.79. The van der Waals surface area contributed by atoms with E-state index in [0.717, 1.165) is 36.1 Å². The van der Waals surface area contributed by atoms with Gasteiger partial charge in [0.25, 0.3) is 5.91 Å². The van der Waals surface area contributed by atoms with Crippen LogP contribution in [0.1, 0.15) is 21.6 Å². The molecule has 1 aliphatic heterocycles. The first-order chi connectivity index (χ1) is 11.6. The van der Waals surface area contributed by atoms with E-state index in [9.17, 15) is 4.79 Å². The van der Waals surface area contributed by atoms with Gasteiger partial charge in [-0.2, -0.15) is 0 Å². The molecule has 0 radical (unpaired) electrons. The van der Waals surface area contributed by atoms with Gasteiger partial charge in [-0.1, -0.05) is 12.1 Å². The number of hydrogen-bond acceptors (Lipinski definition) is 3. The molecule has 0 unspecified atom stereocenters. The van der Waals surface area contributed by atoms with Gasteiger partial charge in [0, 0.05) is 42.0 Å². The number of para-hydroxylation sites is 1. The molecule has 0 fully saturated rings. The average Bonchev–Trinajstić information content (AvgIpc) is 2.95. The highest BCUT2D eigenvalue weighted by Crippen LogP contribution is 2.29. The number of benzene rings is 2. The van der Waals surface area contributed by atoms with E-state index in [2.05, 4.69) is 28.3 Å². The number of carbonyl (C=O) groups excluding carboxylic acids is 1. The van der Waals surface area contributed by atoms with Crippen molar-refractivity contribution < 1.29 is 4.79 Å². The van der Waals surface area contributed by atoms with Crippen molar-refractivity contribution in [3.05, 3.63) is 59.3 Å². The maximum atomic E-state index is 12.7. The average molecular weight is 320 g/mol. The molecule has 1 amide bonds. The Bertz CT molecular complexity index is 911. The van der Waals surface area contributed by atoms with Crippen molar-refractivity contribution in [1.29, 1.82) is 0 Å². The van der Waals surface area contributed by atoms with Crippen molar-refractivity contribution in [3.63, 3.8) is 0 Å². The molecule has 24 heavy (non-hydrogen) atoms. The van der Waals surface area contributed by atoms with E-state index < -0.39 is 0 Å². The number of amides is 1. The molecule has 1 aliphatic rings. The Morgan fingerprint density at radius 2 is 2.00 bits per heavy atom. The molecule has 0 atom stereocenters. The zero-order valence-corrected chi connectivity index (χ0v) is 13.6. The Labute approximate surface area is 140 Å². The van der Waals surface area contributed by atoms with E-state index in [0.29, 0.717) is 11.3 Å². The molecule has 2 aromatic carbocycles. The van der Waals surface area contributed by atoms with Gasteiger partial charge in [0.1, 0.15) is 0 Å². The van der Waals surface area contributed by atoms with Crippen LogP contribution in [0.25, 0.3) is 10.9 Å². The number of rotatable bonds is 2. The monoisotopic (exact) mass is 320 g/mol. The van der Waals surface area contributed by atoms with Crippen molar-refractivity contribution in [1.82, 2.24) is 9.88 Å². The Balaban J connectivity index is 1.71. The van der Waals surface area contributed by atoms with Crippen LogP contribution in [0.4, 0.5) is 11.4 Å². The summed E-state index contributed by atoms with van der Waals surface area (Å²) in [6.45, 7) is 1.95. The van der Waals surface area contributed by atoms with Crippen molar-refractivity contribution in [3.8, 4) is 0 Å². The highest BCUT2D eigenvalue weighted by atomic mass is 16.1. The number of aromatic nitrogens is 1. The summed E-state index contributed by atoms with van der Waals surface area (Å²) in [6, 6.07) is 13.1. The summed E-state index contributed by atoms with van der Waals surface area (Å²) in [6.07, 6.45) is 0.986. The van der Waals surface area contributed by atoms with Crippen molar-refractivity contribution in [2.24, 2.45) is 0 Å². The molecule has 3 aromatic rings. The number of carbonyl (C=O) groups is 1. The van der Waals surface area contributed by atoms with E-state index in [4.69, 9.17) is 5.73 Å². The summed E-state index contributed by atoms with van der Waals surface area (Å²) in [7, 11) is 2.12. The smallest absolute Gasteiger partial charge is 0.257 e. The fourth-order valence-electron chi connectivity index (χ4n) is 3.33. The minimum atomic E-state index is -0.114. The molecule has 0 spiro atoms. The molecule has 5 heteroatoms. The number of likely N-dealkylation sites (N-methyl/N-ethyl adjacent to an activating group) is 1. The van der Waals surface area contributed by atoms with Crippen LogP contribution < -0.4 is 11.1 Å². The van der Waals surface area contributed by atoms with Gasteiger partial charge in [0.05, 0.1) is 11.1 Å². The summed E-state index contributed by atoms with van der Waals surface area (Å²) in [4.78, 5) is 18.5. The SMILES string of the molecule is CN1CCc2[nH]c3c(C(=O)Nc4ccc(N)cc4)cccc3c2C1. The molecule has 0 aliphatic carbocycles. The van der Waals surface area contributed by atoms with Gasteiger partial charge in [0.2, 0.25) is 0 Å². The fraction of sp³-hybridized carbons (Fsp3) is 0.211. The second kappa shape index (κ2) is 5.69. The Morgan fingerprint density at radius 1 is 1.21 bits per heavy atom. The van der Waals surface area contributed by atoms with Crippen LogP contribution >= 0.6 is 0 Å². The standard InChI is InChI=1S/C19H20N4O/c1-23-10-9-17-16(11-23)14-3-2-4-15(18(14)22-17)19(24)21-13-7-5-12(20)6-8-13/h2-8,22H,9-11,20H2,1H3,(H,21,24). The first-order valence-electron chi connectivity index (χ1n) is 8.09. The molecule has 0 bridgehead atoms. The van der Waals surface area contributed by atoms with Crippen molar-refractivity contribution in [2.45, 2.75) is 13.0 Å². The molecule has 4 N–H and O–H groups in total. The Morgan fingerprint density at radius 3 is 2.79 bits per heavy atom. The van der Waals surface area contributed by atoms with Gasteiger partial charge >= 0.3 is 0 Å². The molecule has 122 valence electrons. The van der Waals surface area contributed by atoms with E-state index in [1.54, 1.807) is 12.1 Å². The number of H-pyrrole nitrogens is 1. The van der Waals surface area contributed by atoms with Gasteiger partial charge in [-0.3, -0.25) is 4.79 Å². The van der Waals surface area contributed by atoms with Crippen molar-refractivity contribution >= 4 is 28.2 Å². The Kier molecular flexibility index (Phi) is 3.50.